The van der Waals surface area contributed by atoms with Crippen LogP contribution in [0, 0.1) is 5.92 Å². The lowest BCUT2D eigenvalue weighted by Gasteiger charge is -2.13. The van der Waals surface area contributed by atoms with Gasteiger partial charge in [0.2, 0.25) is 5.13 Å². The Morgan fingerprint density at radius 3 is 2.82 bits per heavy atom. The van der Waals surface area contributed by atoms with Gasteiger partial charge in [-0.1, -0.05) is 43.4 Å². The summed E-state index contributed by atoms with van der Waals surface area (Å²) in [6, 6.07) is 7.19. The third-order valence-corrected chi connectivity index (χ3v) is 5.60. The molecule has 1 fully saturated rings. The predicted octanol–water partition coefficient (Wildman–Crippen LogP) is 3.61. The fourth-order valence-electron chi connectivity index (χ4n) is 3.41. The summed E-state index contributed by atoms with van der Waals surface area (Å²) in [5, 5.41) is 13.4. The fourth-order valence-corrected chi connectivity index (χ4v) is 4.23. The first kappa shape index (κ1) is 18.8. The Labute approximate surface area is 166 Å². The van der Waals surface area contributed by atoms with E-state index in [0.29, 0.717) is 28.0 Å². The quantitative estimate of drug-likeness (QED) is 0.709. The smallest absolute Gasteiger partial charge is 0.259 e. The molecule has 0 bridgehead atoms. The molecule has 8 heteroatoms. The average Bonchev–Trinajstić information content (AvgIpc) is 3.35. The van der Waals surface area contributed by atoms with E-state index in [0.717, 1.165) is 24.5 Å². The maximum absolute atomic E-state index is 13.0. The second-order valence-corrected chi connectivity index (χ2v) is 8.35. The third kappa shape index (κ3) is 3.70. The molecule has 0 spiro atoms. The Bertz CT molecular complexity index is 1070. The highest BCUT2D eigenvalue weighted by molar-refractivity contribution is 7.15. The number of ether oxygens (including phenoxy) is 1. The number of aromatic nitrogens is 3. The highest BCUT2D eigenvalue weighted by Crippen LogP contribution is 2.32. The van der Waals surface area contributed by atoms with Crippen molar-refractivity contribution in [2.24, 2.45) is 5.92 Å². The van der Waals surface area contributed by atoms with Crippen molar-refractivity contribution in [1.29, 1.82) is 0 Å². The first-order valence-corrected chi connectivity index (χ1v) is 10.2. The van der Waals surface area contributed by atoms with Gasteiger partial charge in [-0.05, 0) is 24.8 Å². The van der Waals surface area contributed by atoms with E-state index < -0.39 is 0 Å². The maximum Gasteiger partial charge on any atom is 0.259 e. The summed E-state index contributed by atoms with van der Waals surface area (Å²) in [5.41, 5.74) is 0.363. The molecule has 1 N–H and O–H groups in total. The molecule has 4 rings (SSSR count). The van der Waals surface area contributed by atoms with Gasteiger partial charge in [-0.15, -0.1) is 10.2 Å². The van der Waals surface area contributed by atoms with E-state index >= 15 is 0 Å². The summed E-state index contributed by atoms with van der Waals surface area (Å²) >= 11 is 1.33. The largest absolute Gasteiger partial charge is 0.371 e. The molecule has 0 saturated carbocycles. The van der Waals surface area contributed by atoms with Crippen LogP contribution in [0.1, 0.15) is 48.2 Å². The summed E-state index contributed by atoms with van der Waals surface area (Å²) in [4.78, 5) is 25.7. The van der Waals surface area contributed by atoms with Crippen LogP contribution >= 0.6 is 11.3 Å². The Hall–Kier alpha value is -2.58. The molecule has 0 aliphatic carbocycles. The average molecular weight is 398 g/mol. The Morgan fingerprint density at radius 1 is 1.32 bits per heavy atom. The van der Waals surface area contributed by atoms with Crippen molar-refractivity contribution in [3.05, 3.63) is 51.4 Å². The van der Waals surface area contributed by atoms with Gasteiger partial charge >= 0.3 is 0 Å². The number of pyridine rings is 1. The molecule has 2 aromatic heterocycles. The van der Waals surface area contributed by atoms with E-state index in [1.807, 2.05) is 26.0 Å². The van der Waals surface area contributed by atoms with Gasteiger partial charge in [-0.3, -0.25) is 14.9 Å². The number of fused-ring (bicyclic) bond motifs is 1. The molecule has 1 saturated heterocycles. The zero-order valence-electron chi connectivity index (χ0n) is 15.8. The topological polar surface area (TPSA) is 86.1 Å². The first-order valence-electron chi connectivity index (χ1n) is 9.41. The molecule has 1 aromatic carbocycles. The second kappa shape index (κ2) is 7.81. The van der Waals surface area contributed by atoms with Crippen LogP contribution in [0.15, 0.2) is 35.3 Å². The van der Waals surface area contributed by atoms with Gasteiger partial charge in [0.1, 0.15) is 11.1 Å². The number of amides is 1. The molecule has 7 nitrogen and oxygen atoms in total. The predicted molar refractivity (Wildman–Crippen MR) is 109 cm³/mol. The van der Waals surface area contributed by atoms with Gasteiger partial charge in [0.25, 0.3) is 11.5 Å². The zero-order chi connectivity index (χ0) is 19.7. The number of hydrogen-bond acceptors (Lipinski definition) is 6. The minimum atomic E-state index is -0.302. The number of nitrogens with zero attached hydrogens (tertiary/aromatic N) is 3. The highest BCUT2D eigenvalue weighted by atomic mass is 32.1. The molecule has 3 heterocycles. The Kier molecular flexibility index (Phi) is 5.23. The van der Waals surface area contributed by atoms with Crippen LogP contribution in [0.25, 0.3) is 10.8 Å². The van der Waals surface area contributed by atoms with Gasteiger partial charge in [0.05, 0.1) is 5.56 Å². The number of nitrogens with one attached hydrogen (secondary N) is 1. The monoisotopic (exact) mass is 398 g/mol. The lowest BCUT2D eigenvalue weighted by atomic mass is 10.1. The minimum absolute atomic E-state index is 0.0306. The van der Waals surface area contributed by atoms with Crippen molar-refractivity contribution in [3.8, 4) is 0 Å². The molecule has 1 aliphatic heterocycles. The Morgan fingerprint density at radius 2 is 2.11 bits per heavy atom. The van der Waals surface area contributed by atoms with Gasteiger partial charge in [-0.25, -0.2) is 0 Å². The summed E-state index contributed by atoms with van der Waals surface area (Å²) < 4.78 is 7.23. The van der Waals surface area contributed by atoms with Crippen LogP contribution in [-0.4, -0.2) is 27.3 Å². The van der Waals surface area contributed by atoms with E-state index in [9.17, 15) is 9.59 Å². The van der Waals surface area contributed by atoms with Crippen LogP contribution in [0.4, 0.5) is 5.13 Å². The van der Waals surface area contributed by atoms with E-state index in [4.69, 9.17) is 4.74 Å². The summed E-state index contributed by atoms with van der Waals surface area (Å²) in [7, 11) is 0. The number of carbonyl (C=O) groups excluding carboxylic acids is 1. The summed E-state index contributed by atoms with van der Waals surface area (Å²) in [6.07, 6.45) is 3.54. The van der Waals surface area contributed by atoms with Crippen molar-refractivity contribution in [2.45, 2.75) is 39.3 Å². The summed E-state index contributed by atoms with van der Waals surface area (Å²) in [5.74, 6) is -0.0179. The molecular formula is C20H22N4O3S. The van der Waals surface area contributed by atoms with E-state index in [1.54, 1.807) is 22.9 Å². The molecule has 28 heavy (non-hydrogen) atoms. The SMILES string of the molecule is CC(C)Cn1cc(C(=O)Nc2nnc([C@@H]3CCCO3)s2)c2ccccc2c1=O. The normalized spacial score (nSPS) is 16.8. The number of hydrogen-bond donors (Lipinski definition) is 1. The van der Waals surface area contributed by atoms with Crippen molar-refractivity contribution >= 4 is 33.1 Å². The Balaban J connectivity index is 1.66. The molecule has 0 radical (unpaired) electrons. The number of anilines is 1. The minimum Gasteiger partial charge on any atom is -0.371 e. The van der Waals surface area contributed by atoms with Crippen LogP contribution in [0.5, 0.6) is 0 Å². The molecule has 1 atom stereocenters. The van der Waals surface area contributed by atoms with Crippen LogP contribution in [0.3, 0.4) is 0 Å². The molecular weight excluding hydrogens is 376 g/mol. The van der Waals surface area contributed by atoms with E-state index in [-0.39, 0.29) is 23.5 Å². The van der Waals surface area contributed by atoms with Crippen molar-refractivity contribution < 1.29 is 9.53 Å². The van der Waals surface area contributed by atoms with Crippen LogP contribution < -0.4 is 10.9 Å². The first-order chi connectivity index (χ1) is 13.5. The van der Waals surface area contributed by atoms with Crippen LogP contribution in [-0.2, 0) is 11.3 Å². The second-order valence-electron chi connectivity index (χ2n) is 7.34. The van der Waals surface area contributed by atoms with Gasteiger partial charge in [0, 0.05) is 30.1 Å². The molecule has 1 aliphatic rings. The van der Waals surface area contributed by atoms with E-state index in [2.05, 4.69) is 15.5 Å². The lowest BCUT2D eigenvalue weighted by molar-refractivity contribution is 0.102. The fraction of sp³-hybridized carbons (Fsp3) is 0.400. The van der Waals surface area contributed by atoms with Gasteiger partial charge < -0.3 is 9.30 Å². The molecule has 1 amide bonds. The molecule has 3 aromatic rings. The summed E-state index contributed by atoms with van der Waals surface area (Å²) in [6.45, 7) is 5.35. The number of carbonyl (C=O) groups is 1. The van der Waals surface area contributed by atoms with Crippen LogP contribution in [0.2, 0.25) is 0 Å². The molecule has 146 valence electrons. The van der Waals surface area contributed by atoms with Gasteiger partial charge in [-0.2, -0.15) is 0 Å². The van der Waals surface area contributed by atoms with Crippen molar-refractivity contribution in [1.82, 2.24) is 14.8 Å². The number of benzene rings is 1. The number of rotatable bonds is 5. The highest BCUT2D eigenvalue weighted by Gasteiger charge is 2.23. The van der Waals surface area contributed by atoms with Gasteiger partial charge in [0.15, 0.2) is 0 Å². The molecule has 0 unspecified atom stereocenters. The van der Waals surface area contributed by atoms with E-state index in [1.165, 1.54) is 11.3 Å². The third-order valence-electron chi connectivity index (χ3n) is 4.67. The maximum atomic E-state index is 13.0. The lowest BCUT2D eigenvalue weighted by Crippen LogP contribution is -2.25. The zero-order valence-corrected chi connectivity index (χ0v) is 16.7. The van der Waals surface area contributed by atoms with Crippen molar-refractivity contribution in [2.75, 3.05) is 11.9 Å². The van der Waals surface area contributed by atoms with Crippen molar-refractivity contribution in [3.63, 3.8) is 0 Å². The standard InChI is InChI=1S/C20H22N4O3S/c1-12(2)10-24-11-15(13-6-3-4-7-14(13)19(24)26)17(25)21-20-23-22-18(28-20)16-8-5-9-27-16/h3-4,6-7,11-12,16H,5,8-10H2,1-2H3,(H,21,23,25)/t16-/m0/s1.